The van der Waals surface area contributed by atoms with Gasteiger partial charge in [0.25, 0.3) is 0 Å². The average Bonchev–Trinajstić information content (AvgIpc) is 1.94. The predicted octanol–water partition coefficient (Wildman–Crippen LogP) is 0.892. The van der Waals surface area contributed by atoms with E-state index in [1.807, 2.05) is 0 Å². The van der Waals surface area contributed by atoms with Crippen molar-refractivity contribution in [1.29, 1.82) is 0 Å². The number of hydrogen-bond acceptors (Lipinski definition) is 3. The van der Waals surface area contributed by atoms with Gasteiger partial charge < -0.3 is 15.2 Å². The Morgan fingerprint density at radius 3 is 2.67 bits per heavy atom. The van der Waals surface area contributed by atoms with Crippen LogP contribution in [0.5, 0.6) is 0 Å². The van der Waals surface area contributed by atoms with E-state index >= 15 is 0 Å². The molecular formula is C8H17NO3. The van der Waals surface area contributed by atoms with E-state index in [0.29, 0.717) is 0 Å². The lowest BCUT2D eigenvalue weighted by atomic mass is 10.2. The van der Waals surface area contributed by atoms with Crippen LogP contribution in [0.15, 0.2) is 0 Å². The van der Waals surface area contributed by atoms with Crippen molar-refractivity contribution in [2.45, 2.75) is 39.3 Å². The Morgan fingerprint density at radius 2 is 2.33 bits per heavy atom. The van der Waals surface area contributed by atoms with E-state index in [1.165, 1.54) is 0 Å². The maximum Gasteiger partial charge on any atom is 0.407 e. The first-order chi connectivity index (χ1) is 6.56. The molecular weight excluding hydrogens is 158 g/mol. The van der Waals surface area contributed by atoms with E-state index in [1.54, 1.807) is 20.8 Å². The van der Waals surface area contributed by atoms with Gasteiger partial charge >= 0.3 is 6.09 Å². The summed E-state index contributed by atoms with van der Waals surface area (Å²) in [6.45, 7) is 1.89. The van der Waals surface area contributed by atoms with Gasteiger partial charge in [-0.3, -0.25) is 0 Å². The normalized spacial score (nSPS) is 18.5. The van der Waals surface area contributed by atoms with Gasteiger partial charge in [-0.05, 0) is 27.6 Å². The molecule has 1 amide bonds. The molecule has 0 aliphatic carbocycles. The molecule has 0 aromatic rings. The molecule has 0 rings (SSSR count). The summed E-state index contributed by atoms with van der Waals surface area (Å²) in [5, 5.41) is 10.9. The number of hydrogen-bond donors (Lipinski definition) is 2. The Hall–Kier alpha value is -0.770. The van der Waals surface area contributed by atoms with Crippen molar-refractivity contribution in [3.63, 3.8) is 0 Å². The van der Waals surface area contributed by atoms with Gasteiger partial charge in [-0.15, -0.1) is 0 Å². The summed E-state index contributed by atoms with van der Waals surface area (Å²) >= 11 is 0. The van der Waals surface area contributed by atoms with E-state index in [9.17, 15) is 4.79 Å². The number of nitrogens with one attached hydrogen (secondary N) is 1. The van der Waals surface area contributed by atoms with Crippen LogP contribution in [-0.2, 0) is 4.74 Å². The van der Waals surface area contributed by atoms with Crippen LogP contribution in [0.2, 0.25) is 0 Å². The summed E-state index contributed by atoms with van der Waals surface area (Å²) in [7, 11) is 0. The Bertz CT molecular complexity index is 222. The number of carbonyl (C=O) groups excluding carboxylic acids is 1. The fourth-order valence-corrected chi connectivity index (χ4v) is 0.495. The molecule has 72 valence electrons. The number of amides is 1. The molecule has 0 saturated carbocycles. The van der Waals surface area contributed by atoms with Crippen LogP contribution in [0.25, 0.3) is 0 Å². The van der Waals surface area contributed by atoms with Crippen LogP contribution in [0.4, 0.5) is 4.79 Å². The predicted molar refractivity (Wildman–Crippen MR) is 45.9 cm³/mol. The van der Waals surface area contributed by atoms with Gasteiger partial charge in [0.15, 0.2) is 0 Å². The zero-order valence-electron chi connectivity index (χ0n) is 10.5. The van der Waals surface area contributed by atoms with Crippen molar-refractivity contribution in [2.75, 3.05) is 6.61 Å². The maximum absolute atomic E-state index is 11.2. The minimum atomic E-state index is -2.44. The van der Waals surface area contributed by atoms with Crippen LogP contribution < -0.4 is 5.32 Å². The molecule has 0 fully saturated rings. The molecule has 4 nitrogen and oxygen atoms in total. The maximum atomic E-state index is 11.2. The van der Waals surface area contributed by atoms with E-state index in [0.717, 1.165) is 0 Å². The molecule has 0 aromatic heterocycles. The molecule has 0 bridgehead atoms. The molecule has 12 heavy (non-hydrogen) atoms. The lowest BCUT2D eigenvalue weighted by Crippen LogP contribution is -2.39. The van der Waals surface area contributed by atoms with Crippen molar-refractivity contribution < 1.29 is 18.8 Å². The number of carbonyl (C=O) groups is 1. The van der Waals surface area contributed by atoms with E-state index in [2.05, 4.69) is 5.32 Å². The largest absolute Gasteiger partial charge is 0.444 e. The zero-order valence-corrected chi connectivity index (χ0v) is 7.55. The Labute approximate surface area is 77.1 Å². The second-order valence-corrected chi connectivity index (χ2v) is 3.38. The quantitative estimate of drug-likeness (QED) is 0.660. The fraction of sp³-hybridized carbons (Fsp3) is 0.875. The highest BCUT2D eigenvalue weighted by Crippen LogP contribution is 2.06. The van der Waals surface area contributed by atoms with Crippen molar-refractivity contribution in [2.24, 2.45) is 0 Å². The summed E-state index contributed by atoms with van der Waals surface area (Å²) in [5.74, 6) is 0. The standard InChI is InChI=1S/C8H17NO3/c1-6(5-10)9-7(11)12-8(2,3)4/h6,10H,5H2,1-4H3,(H,9,11)/t6-/m1/s1/i1D3. The Balaban J connectivity index is 4.27. The van der Waals surface area contributed by atoms with E-state index in [4.69, 9.17) is 14.0 Å². The number of rotatable bonds is 2. The van der Waals surface area contributed by atoms with Crippen LogP contribution in [0.1, 0.15) is 31.7 Å². The number of ether oxygens (including phenoxy) is 1. The van der Waals surface area contributed by atoms with Gasteiger partial charge in [0.05, 0.1) is 12.6 Å². The van der Waals surface area contributed by atoms with Crippen LogP contribution in [0, 0.1) is 0 Å². The third kappa shape index (κ3) is 5.97. The van der Waals surface area contributed by atoms with Crippen molar-refractivity contribution in [3.8, 4) is 0 Å². The summed E-state index contributed by atoms with van der Waals surface area (Å²) < 4.78 is 25.9. The third-order valence-electron chi connectivity index (χ3n) is 0.874. The van der Waals surface area contributed by atoms with Gasteiger partial charge in [0, 0.05) is 4.11 Å². The van der Waals surface area contributed by atoms with Crippen LogP contribution in [0.3, 0.4) is 0 Å². The summed E-state index contributed by atoms with van der Waals surface area (Å²) in [5.41, 5.74) is -0.696. The summed E-state index contributed by atoms with van der Waals surface area (Å²) in [6, 6.07) is -1.30. The lowest BCUT2D eigenvalue weighted by Gasteiger charge is -2.21. The third-order valence-corrected chi connectivity index (χ3v) is 0.874. The zero-order chi connectivity index (χ0) is 12.3. The minimum Gasteiger partial charge on any atom is -0.444 e. The number of alkyl carbamates (subject to hydrolysis) is 1. The van der Waals surface area contributed by atoms with Gasteiger partial charge in [-0.1, -0.05) is 0 Å². The first-order valence-corrected chi connectivity index (χ1v) is 3.66. The number of aliphatic hydroxyl groups is 1. The first-order valence-electron chi connectivity index (χ1n) is 5.16. The second-order valence-electron chi connectivity index (χ2n) is 3.38. The van der Waals surface area contributed by atoms with Gasteiger partial charge in [0.2, 0.25) is 0 Å². The minimum absolute atomic E-state index is 0.657. The van der Waals surface area contributed by atoms with Crippen LogP contribution >= 0.6 is 0 Å². The molecule has 4 heteroatoms. The van der Waals surface area contributed by atoms with Crippen molar-refractivity contribution in [1.82, 2.24) is 5.32 Å². The number of aliphatic hydroxyl groups excluding tert-OH is 1. The first kappa shape index (κ1) is 6.71. The molecule has 1 atom stereocenters. The molecule has 0 aliphatic rings. The monoisotopic (exact) mass is 178 g/mol. The molecule has 0 saturated heterocycles. The van der Waals surface area contributed by atoms with Gasteiger partial charge in [-0.2, -0.15) is 0 Å². The molecule has 0 aliphatic heterocycles. The van der Waals surface area contributed by atoms with Crippen LogP contribution in [-0.4, -0.2) is 29.4 Å². The molecule has 0 unspecified atom stereocenters. The molecule has 0 heterocycles. The van der Waals surface area contributed by atoms with E-state index < -0.39 is 31.2 Å². The summed E-state index contributed by atoms with van der Waals surface area (Å²) in [4.78, 5) is 11.2. The lowest BCUT2D eigenvalue weighted by molar-refractivity contribution is 0.0489. The Morgan fingerprint density at radius 1 is 1.75 bits per heavy atom. The molecule has 0 aromatic carbocycles. The van der Waals surface area contributed by atoms with E-state index in [-0.39, 0.29) is 0 Å². The highest BCUT2D eigenvalue weighted by atomic mass is 16.6. The second kappa shape index (κ2) is 4.30. The smallest absolute Gasteiger partial charge is 0.407 e. The molecule has 0 radical (unpaired) electrons. The Kier molecular flexibility index (Phi) is 2.41. The van der Waals surface area contributed by atoms with Gasteiger partial charge in [-0.25, -0.2) is 4.79 Å². The van der Waals surface area contributed by atoms with Gasteiger partial charge in [0.1, 0.15) is 5.60 Å². The summed E-state index contributed by atoms with van der Waals surface area (Å²) in [6.07, 6.45) is -0.849. The highest BCUT2D eigenvalue weighted by molar-refractivity contribution is 5.67. The fourth-order valence-electron chi connectivity index (χ4n) is 0.495. The molecule has 0 spiro atoms. The highest BCUT2D eigenvalue weighted by Gasteiger charge is 2.16. The van der Waals surface area contributed by atoms with Crippen molar-refractivity contribution >= 4 is 6.09 Å². The van der Waals surface area contributed by atoms with Crippen molar-refractivity contribution in [3.05, 3.63) is 0 Å². The topological polar surface area (TPSA) is 58.6 Å². The SMILES string of the molecule is [2H]C([2H])([2H])[C@H](CO)NC(=O)OC(C)(C)C. The average molecular weight is 178 g/mol. The molecule has 2 N–H and O–H groups in total.